The van der Waals surface area contributed by atoms with Gasteiger partial charge in [-0.25, -0.2) is 0 Å². The number of halogens is 1. The smallest absolute Gasteiger partial charge is 0.248 e. The summed E-state index contributed by atoms with van der Waals surface area (Å²) in [5.41, 5.74) is 0.886. The molecular weight excluding hydrogens is 315 g/mol. The van der Waals surface area contributed by atoms with Crippen LogP contribution >= 0.6 is 22.6 Å². The molecule has 84 valence electrons. The molecule has 0 saturated heterocycles. The maximum absolute atomic E-state index is 5.69. The van der Waals surface area contributed by atoms with Crippen LogP contribution in [0.4, 0.5) is 0 Å². The van der Waals surface area contributed by atoms with Gasteiger partial charge in [0.2, 0.25) is 11.8 Å². The van der Waals surface area contributed by atoms with Crippen molar-refractivity contribution in [1.82, 2.24) is 10.2 Å². The third-order valence-electron chi connectivity index (χ3n) is 2.17. The SMILES string of the molecule is CC(C)(C)c1nnc(-c2ccccc2I)o1. The van der Waals surface area contributed by atoms with Gasteiger partial charge in [-0.15, -0.1) is 10.2 Å². The summed E-state index contributed by atoms with van der Waals surface area (Å²) < 4.78 is 6.80. The van der Waals surface area contributed by atoms with E-state index in [4.69, 9.17) is 4.42 Å². The number of hydrogen-bond acceptors (Lipinski definition) is 3. The second kappa shape index (κ2) is 4.16. The monoisotopic (exact) mass is 328 g/mol. The molecule has 0 N–H and O–H groups in total. The Balaban J connectivity index is 2.44. The Morgan fingerprint density at radius 1 is 1.12 bits per heavy atom. The van der Waals surface area contributed by atoms with Crippen molar-refractivity contribution in [2.75, 3.05) is 0 Å². The van der Waals surface area contributed by atoms with Gasteiger partial charge in [0.25, 0.3) is 0 Å². The second-order valence-electron chi connectivity index (χ2n) is 4.64. The third-order valence-corrected chi connectivity index (χ3v) is 3.11. The third kappa shape index (κ3) is 2.26. The van der Waals surface area contributed by atoms with Crippen molar-refractivity contribution in [2.45, 2.75) is 26.2 Å². The molecule has 0 saturated carbocycles. The maximum Gasteiger partial charge on any atom is 0.248 e. The maximum atomic E-state index is 5.69. The highest BCUT2D eigenvalue weighted by Crippen LogP contribution is 2.27. The molecule has 3 nitrogen and oxygen atoms in total. The van der Waals surface area contributed by atoms with Gasteiger partial charge in [-0.3, -0.25) is 0 Å². The molecule has 0 aliphatic rings. The quantitative estimate of drug-likeness (QED) is 0.750. The van der Waals surface area contributed by atoms with Gasteiger partial charge in [-0.05, 0) is 34.7 Å². The van der Waals surface area contributed by atoms with E-state index in [0.717, 1.165) is 9.13 Å². The van der Waals surface area contributed by atoms with Crippen LogP contribution in [0.25, 0.3) is 11.5 Å². The van der Waals surface area contributed by atoms with Crippen molar-refractivity contribution in [2.24, 2.45) is 0 Å². The fourth-order valence-electron chi connectivity index (χ4n) is 1.27. The second-order valence-corrected chi connectivity index (χ2v) is 5.80. The normalized spacial score (nSPS) is 11.8. The lowest BCUT2D eigenvalue weighted by Gasteiger charge is -2.11. The van der Waals surface area contributed by atoms with Crippen LogP contribution in [-0.2, 0) is 5.41 Å². The molecule has 16 heavy (non-hydrogen) atoms. The largest absolute Gasteiger partial charge is 0.420 e. The molecule has 0 bridgehead atoms. The van der Waals surface area contributed by atoms with Crippen molar-refractivity contribution < 1.29 is 4.42 Å². The van der Waals surface area contributed by atoms with Crippen LogP contribution < -0.4 is 0 Å². The van der Waals surface area contributed by atoms with Crippen LogP contribution in [0.1, 0.15) is 26.7 Å². The predicted octanol–water partition coefficient (Wildman–Crippen LogP) is 3.64. The van der Waals surface area contributed by atoms with Gasteiger partial charge in [0.15, 0.2) is 0 Å². The number of benzene rings is 1. The zero-order valence-corrected chi connectivity index (χ0v) is 11.6. The standard InChI is InChI=1S/C12H13IN2O/c1-12(2,3)11-15-14-10(16-11)8-6-4-5-7-9(8)13/h4-7H,1-3H3. The molecule has 1 aromatic carbocycles. The van der Waals surface area contributed by atoms with E-state index in [1.165, 1.54) is 0 Å². The first-order valence-corrected chi connectivity index (χ1v) is 6.15. The Morgan fingerprint density at radius 3 is 2.38 bits per heavy atom. The summed E-state index contributed by atoms with van der Waals surface area (Å²) in [6.45, 7) is 6.17. The zero-order chi connectivity index (χ0) is 11.8. The van der Waals surface area contributed by atoms with Crippen LogP contribution in [0.3, 0.4) is 0 Å². The average molecular weight is 328 g/mol. The van der Waals surface area contributed by atoms with Gasteiger partial charge >= 0.3 is 0 Å². The molecule has 1 heterocycles. The fraction of sp³-hybridized carbons (Fsp3) is 0.333. The highest BCUT2D eigenvalue weighted by atomic mass is 127. The van der Waals surface area contributed by atoms with Gasteiger partial charge in [0.1, 0.15) is 0 Å². The van der Waals surface area contributed by atoms with Gasteiger partial charge in [-0.1, -0.05) is 32.9 Å². The summed E-state index contributed by atoms with van der Waals surface area (Å²) in [6, 6.07) is 7.98. The summed E-state index contributed by atoms with van der Waals surface area (Å²) >= 11 is 2.27. The number of nitrogens with zero attached hydrogens (tertiary/aromatic N) is 2. The molecule has 1 aromatic heterocycles. The van der Waals surface area contributed by atoms with Gasteiger partial charge < -0.3 is 4.42 Å². The molecule has 2 aromatic rings. The lowest BCUT2D eigenvalue weighted by molar-refractivity contribution is 0.399. The Labute approximate surface area is 108 Å². The Morgan fingerprint density at radius 2 is 1.81 bits per heavy atom. The molecule has 0 unspecified atom stereocenters. The first-order chi connectivity index (χ1) is 7.48. The Hall–Kier alpha value is -0.910. The van der Waals surface area contributed by atoms with E-state index in [1.807, 2.05) is 24.3 Å². The summed E-state index contributed by atoms with van der Waals surface area (Å²) in [5.74, 6) is 1.26. The van der Waals surface area contributed by atoms with Crippen LogP contribution in [0.5, 0.6) is 0 Å². The Bertz CT molecular complexity index is 500. The van der Waals surface area contributed by atoms with Crippen molar-refractivity contribution in [3.8, 4) is 11.5 Å². The summed E-state index contributed by atoms with van der Waals surface area (Å²) in [6.07, 6.45) is 0. The van der Waals surface area contributed by atoms with E-state index in [0.29, 0.717) is 11.8 Å². The van der Waals surface area contributed by atoms with E-state index >= 15 is 0 Å². The van der Waals surface area contributed by atoms with Crippen molar-refractivity contribution in [3.05, 3.63) is 33.7 Å². The van der Waals surface area contributed by atoms with Crippen LogP contribution in [0.2, 0.25) is 0 Å². The molecule has 0 amide bonds. The van der Waals surface area contributed by atoms with Crippen LogP contribution in [-0.4, -0.2) is 10.2 Å². The van der Waals surface area contributed by atoms with Crippen molar-refractivity contribution in [1.29, 1.82) is 0 Å². The van der Waals surface area contributed by atoms with Gasteiger partial charge in [-0.2, -0.15) is 0 Å². The Kier molecular flexibility index (Phi) is 3.01. The number of hydrogen-bond donors (Lipinski definition) is 0. The van der Waals surface area contributed by atoms with Crippen molar-refractivity contribution in [3.63, 3.8) is 0 Å². The number of rotatable bonds is 1. The summed E-state index contributed by atoms with van der Waals surface area (Å²) in [5, 5.41) is 8.18. The topological polar surface area (TPSA) is 38.9 Å². The minimum Gasteiger partial charge on any atom is -0.420 e. The molecule has 0 fully saturated rings. The molecule has 0 spiro atoms. The molecule has 4 heteroatoms. The lowest BCUT2D eigenvalue weighted by Crippen LogP contribution is -2.11. The first kappa shape index (κ1) is 11.6. The fourth-order valence-corrected chi connectivity index (χ4v) is 1.89. The van der Waals surface area contributed by atoms with E-state index in [2.05, 4.69) is 53.6 Å². The highest BCUT2D eigenvalue weighted by Gasteiger charge is 2.22. The van der Waals surface area contributed by atoms with Crippen LogP contribution in [0, 0.1) is 3.57 Å². The molecule has 0 radical (unpaired) electrons. The lowest BCUT2D eigenvalue weighted by atomic mass is 9.97. The molecular formula is C12H13IN2O. The molecule has 0 aliphatic carbocycles. The van der Waals surface area contributed by atoms with Crippen LogP contribution in [0.15, 0.2) is 28.7 Å². The van der Waals surface area contributed by atoms with E-state index in [9.17, 15) is 0 Å². The molecule has 2 rings (SSSR count). The molecule has 0 aliphatic heterocycles. The minimum atomic E-state index is -0.106. The average Bonchev–Trinajstić information content (AvgIpc) is 2.66. The van der Waals surface area contributed by atoms with Gasteiger partial charge in [0.05, 0.1) is 5.56 Å². The highest BCUT2D eigenvalue weighted by molar-refractivity contribution is 14.1. The summed E-state index contributed by atoms with van der Waals surface area (Å²) in [7, 11) is 0. The first-order valence-electron chi connectivity index (χ1n) is 5.07. The minimum absolute atomic E-state index is 0.106. The van der Waals surface area contributed by atoms with Gasteiger partial charge in [0, 0.05) is 8.99 Å². The predicted molar refractivity (Wildman–Crippen MR) is 71.2 cm³/mol. The summed E-state index contributed by atoms with van der Waals surface area (Å²) in [4.78, 5) is 0. The van der Waals surface area contributed by atoms with E-state index < -0.39 is 0 Å². The van der Waals surface area contributed by atoms with E-state index in [-0.39, 0.29) is 5.41 Å². The van der Waals surface area contributed by atoms with E-state index in [1.54, 1.807) is 0 Å². The van der Waals surface area contributed by atoms with Crippen molar-refractivity contribution >= 4 is 22.6 Å². The molecule has 0 atom stereocenters. The number of aromatic nitrogens is 2. The zero-order valence-electron chi connectivity index (χ0n) is 9.49.